The normalized spacial score (nSPS) is 23.0. The Bertz CT molecular complexity index is 74.6. The molecule has 0 radical (unpaired) electrons. The van der Waals surface area contributed by atoms with E-state index in [2.05, 4.69) is 5.11 Å². The summed E-state index contributed by atoms with van der Waals surface area (Å²) in [7, 11) is 0. The van der Waals surface area contributed by atoms with E-state index in [4.69, 9.17) is 5.53 Å². The van der Waals surface area contributed by atoms with Crippen LogP contribution in [0.25, 0.3) is 5.53 Å². The average molecular weight is 111 g/mol. The monoisotopic (exact) mass is 111 g/mol. The second-order valence-electron chi connectivity index (χ2n) is 2.41. The van der Waals surface area contributed by atoms with Crippen molar-refractivity contribution in [1.29, 1.82) is 0 Å². The molecule has 0 N–H and O–H groups in total. The molecule has 1 rings (SSSR count). The number of rotatable bonds is 1. The van der Waals surface area contributed by atoms with Gasteiger partial charge in [-0.15, -0.1) is 0 Å². The van der Waals surface area contributed by atoms with E-state index in [1.165, 1.54) is 19.3 Å². The topological polar surface area (TPSA) is 34.7 Å². The van der Waals surface area contributed by atoms with E-state index in [9.17, 15) is 0 Å². The van der Waals surface area contributed by atoms with E-state index in [0.29, 0.717) is 0 Å². The van der Waals surface area contributed by atoms with Crippen molar-refractivity contribution >= 4 is 0 Å². The Hall–Kier alpha value is -0.400. The van der Waals surface area contributed by atoms with Gasteiger partial charge >= 0.3 is 0 Å². The molecule has 0 aromatic heterocycles. The highest BCUT2D eigenvalue weighted by molar-refractivity contribution is 4.69. The first-order valence-corrected chi connectivity index (χ1v) is 3.27. The largest absolute Gasteiger partial charge is 0.712 e. The highest BCUT2D eigenvalue weighted by Crippen LogP contribution is 2.19. The van der Waals surface area contributed by atoms with Crippen molar-refractivity contribution in [2.75, 3.05) is 0 Å². The van der Waals surface area contributed by atoms with E-state index in [1.54, 1.807) is 0 Å². The van der Waals surface area contributed by atoms with Crippen LogP contribution in [0.1, 0.15) is 32.1 Å². The molecule has 1 aliphatic rings. The zero-order chi connectivity index (χ0) is 5.82. The lowest BCUT2D eigenvalue weighted by atomic mass is 9.96. The molecule has 2 heteroatoms. The van der Waals surface area contributed by atoms with E-state index in [1.807, 2.05) is 0 Å². The van der Waals surface area contributed by atoms with Crippen molar-refractivity contribution < 1.29 is 0 Å². The highest BCUT2D eigenvalue weighted by atomic mass is 15.0. The van der Waals surface area contributed by atoms with Gasteiger partial charge in [-0.3, -0.25) is 0 Å². The Morgan fingerprint density at radius 1 is 1.12 bits per heavy atom. The number of hydrogen-bond acceptors (Lipinski definition) is 1. The van der Waals surface area contributed by atoms with Gasteiger partial charge in [-0.05, 0) is 12.8 Å². The average Bonchev–Trinajstić information content (AvgIpc) is 1.90. The fourth-order valence-electron chi connectivity index (χ4n) is 1.20. The maximum atomic E-state index is 8.32. The molecular formula is C6H11N2-. The van der Waals surface area contributed by atoms with Gasteiger partial charge in [0, 0.05) is 6.04 Å². The molecule has 46 valence electrons. The predicted octanol–water partition coefficient (Wildman–Crippen LogP) is 2.34. The van der Waals surface area contributed by atoms with Crippen molar-refractivity contribution in [1.82, 2.24) is 0 Å². The summed E-state index contributed by atoms with van der Waals surface area (Å²) < 4.78 is 0. The molecule has 0 spiro atoms. The molecule has 0 unspecified atom stereocenters. The van der Waals surface area contributed by atoms with Gasteiger partial charge in [0.05, 0.1) is 0 Å². The van der Waals surface area contributed by atoms with Gasteiger partial charge in [-0.2, -0.15) is 0 Å². The van der Waals surface area contributed by atoms with Crippen LogP contribution in [0.2, 0.25) is 0 Å². The maximum Gasteiger partial charge on any atom is 0.0263 e. The third-order valence-electron chi connectivity index (χ3n) is 1.74. The quantitative estimate of drug-likeness (QED) is 0.465. The van der Waals surface area contributed by atoms with Crippen LogP contribution < -0.4 is 0 Å². The molecule has 0 saturated heterocycles. The summed E-state index contributed by atoms with van der Waals surface area (Å²) in [5.74, 6) is 0. The van der Waals surface area contributed by atoms with Gasteiger partial charge in [0.25, 0.3) is 0 Å². The molecule has 0 amide bonds. The maximum absolute atomic E-state index is 8.32. The summed E-state index contributed by atoms with van der Waals surface area (Å²) in [6, 6.07) is 0.267. The van der Waals surface area contributed by atoms with Crippen LogP contribution in [0.3, 0.4) is 0 Å². The van der Waals surface area contributed by atoms with Gasteiger partial charge in [0.15, 0.2) is 0 Å². The predicted molar refractivity (Wildman–Crippen MR) is 32.7 cm³/mol. The van der Waals surface area contributed by atoms with E-state index in [0.717, 1.165) is 12.8 Å². The van der Waals surface area contributed by atoms with Crippen molar-refractivity contribution in [3.8, 4) is 0 Å². The first-order valence-electron chi connectivity index (χ1n) is 3.27. The molecule has 2 nitrogen and oxygen atoms in total. The number of nitrogens with zero attached hydrogens (tertiary/aromatic N) is 2. The Kier molecular flexibility index (Phi) is 2.00. The molecule has 1 aliphatic carbocycles. The first kappa shape index (κ1) is 5.73. The third-order valence-corrected chi connectivity index (χ3v) is 1.74. The van der Waals surface area contributed by atoms with Crippen molar-refractivity contribution in [3.05, 3.63) is 5.53 Å². The van der Waals surface area contributed by atoms with Crippen LogP contribution in [0, 0.1) is 0 Å². The minimum absolute atomic E-state index is 0.267. The standard InChI is InChI=1S/C6H11N2/c7-8-6-4-2-1-3-5-6/h6H,1-5H2/q-1. The van der Waals surface area contributed by atoms with Crippen LogP contribution in [-0.4, -0.2) is 6.04 Å². The summed E-state index contributed by atoms with van der Waals surface area (Å²) in [6.45, 7) is 0. The van der Waals surface area contributed by atoms with Gasteiger partial charge in [-0.25, -0.2) is 0 Å². The highest BCUT2D eigenvalue weighted by Gasteiger charge is 2.07. The minimum Gasteiger partial charge on any atom is -0.712 e. The van der Waals surface area contributed by atoms with Crippen molar-refractivity contribution in [2.45, 2.75) is 38.1 Å². The molecule has 0 aliphatic heterocycles. The fourth-order valence-corrected chi connectivity index (χ4v) is 1.20. The molecule has 8 heavy (non-hydrogen) atoms. The van der Waals surface area contributed by atoms with Crippen LogP contribution in [0.5, 0.6) is 0 Å². The minimum atomic E-state index is 0.267. The lowest BCUT2D eigenvalue weighted by molar-refractivity contribution is 0.441. The Morgan fingerprint density at radius 2 is 1.75 bits per heavy atom. The summed E-state index contributed by atoms with van der Waals surface area (Å²) in [4.78, 5) is 0. The second-order valence-corrected chi connectivity index (χ2v) is 2.41. The third kappa shape index (κ3) is 1.29. The Labute approximate surface area is 49.8 Å². The first-order chi connectivity index (χ1) is 3.93. The van der Waals surface area contributed by atoms with Gasteiger partial charge in [0.1, 0.15) is 0 Å². The van der Waals surface area contributed by atoms with E-state index >= 15 is 0 Å². The van der Waals surface area contributed by atoms with Crippen LogP contribution in [-0.2, 0) is 0 Å². The summed E-state index contributed by atoms with van der Waals surface area (Å²) >= 11 is 0. The molecule has 0 bridgehead atoms. The zero-order valence-corrected chi connectivity index (χ0v) is 5.01. The lowest BCUT2D eigenvalue weighted by Crippen LogP contribution is -2.07. The Balaban J connectivity index is 2.22. The van der Waals surface area contributed by atoms with Crippen molar-refractivity contribution in [3.63, 3.8) is 0 Å². The SMILES string of the molecule is [N-]=NC1CCCCC1. The van der Waals surface area contributed by atoms with Gasteiger partial charge in [-0.1, -0.05) is 19.3 Å². The van der Waals surface area contributed by atoms with E-state index in [-0.39, 0.29) is 6.04 Å². The fraction of sp³-hybridized carbons (Fsp3) is 1.00. The van der Waals surface area contributed by atoms with Crippen LogP contribution >= 0.6 is 0 Å². The summed E-state index contributed by atoms with van der Waals surface area (Å²) in [6.07, 6.45) is 6.00. The van der Waals surface area contributed by atoms with Crippen LogP contribution in [0.4, 0.5) is 0 Å². The summed E-state index contributed by atoms with van der Waals surface area (Å²) in [5, 5.41) is 3.25. The zero-order valence-electron chi connectivity index (χ0n) is 5.01. The van der Waals surface area contributed by atoms with Crippen LogP contribution in [0.15, 0.2) is 5.11 Å². The molecule has 0 heterocycles. The summed E-state index contributed by atoms with van der Waals surface area (Å²) in [5.41, 5.74) is 8.32. The molecule has 0 aromatic carbocycles. The second kappa shape index (κ2) is 2.80. The van der Waals surface area contributed by atoms with Gasteiger partial charge in [0.2, 0.25) is 0 Å². The van der Waals surface area contributed by atoms with Gasteiger partial charge < -0.3 is 10.6 Å². The Morgan fingerprint density at radius 3 is 2.12 bits per heavy atom. The van der Waals surface area contributed by atoms with E-state index < -0.39 is 0 Å². The molecule has 0 atom stereocenters. The molecule has 1 fully saturated rings. The lowest BCUT2D eigenvalue weighted by Gasteiger charge is -2.19. The molecule has 0 aromatic rings. The molecule has 1 saturated carbocycles. The smallest absolute Gasteiger partial charge is 0.0263 e. The van der Waals surface area contributed by atoms with Crippen molar-refractivity contribution in [2.24, 2.45) is 5.11 Å². The molecular weight excluding hydrogens is 100 g/mol. The number of hydrogen-bond donors (Lipinski definition) is 0.